The largest absolute Gasteiger partial charge is 0.487 e. The van der Waals surface area contributed by atoms with Crippen LogP contribution in [0.4, 0.5) is 10.1 Å². The van der Waals surface area contributed by atoms with E-state index in [-0.39, 0.29) is 17.8 Å². The fraction of sp³-hybridized carbons (Fsp3) is 0.500. The number of halogens is 1. The summed E-state index contributed by atoms with van der Waals surface area (Å²) in [6.07, 6.45) is 4.33. The lowest BCUT2D eigenvalue weighted by Gasteiger charge is -2.14. The zero-order chi connectivity index (χ0) is 13.8. The summed E-state index contributed by atoms with van der Waals surface area (Å²) >= 11 is 0. The van der Waals surface area contributed by atoms with Crippen LogP contribution in [0.2, 0.25) is 0 Å². The van der Waals surface area contributed by atoms with Crippen molar-refractivity contribution in [3.8, 4) is 5.75 Å². The lowest BCUT2D eigenvalue weighted by atomic mass is 10.2. The minimum Gasteiger partial charge on any atom is -0.487 e. The molecule has 2 rings (SSSR count). The molecular weight excluding hydrogens is 247 g/mol. The van der Waals surface area contributed by atoms with Crippen LogP contribution < -0.4 is 15.8 Å². The quantitative estimate of drug-likeness (QED) is 0.879. The molecule has 1 atom stereocenters. The summed E-state index contributed by atoms with van der Waals surface area (Å²) in [6.45, 7) is 1.57. The molecule has 5 heteroatoms. The highest BCUT2D eigenvalue weighted by Crippen LogP contribution is 2.27. The van der Waals surface area contributed by atoms with Crippen LogP contribution in [0, 0.1) is 5.82 Å². The second-order valence-electron chi connectivity index (χ2n) is 4.95. The molecule has 1 amide bonds. The maximum absolute atomic E-state index is 13.8. The van der Waals surface area contributed by atoms with Gasteiger partial charge in [-0.1, -0.05) is 0 Å². The van der Waals surface area contributed by atoms with E-state index < -0.39 is 11.9 Å². The highest BCUT2D eigenvalue weighted by molar-refractivity contribution is 5.94. The van der Waals surface area contributed by atoms with E-state index in [9.17, 15) is 9.18 Å². The second kappa shape index (κ2) is 6.02. The number of rotatable bonds is 4. The molecule has 3 N–H and O–H groups in total. The Morgan fingerprint density at radius 2 is 2.16 bits per heavy atom. The zero-order valence-corrected chi connectivity index (χ0v) is 11.0. The molecule has 1 saturated carbocycles. The van der Waals surface area contributed by atoms with E-state index in [0.29, 0.717) is 5.69 Å². The normalized spacial score (nSPS) is 17.2. The highest BCUT2D eigenvalue weighted by atomic mass is 19.1. The van der Waals surface area contributed by atoms with Gasteiger partial charge in [-0.05, 0) is 44.7 Å². The summed E-state index contributed by atoms with van der Waals surface area (Å²) in [6, 6.07) is 3.79. The number of ether oxygens (including phenoxy) is 1. The Morgan fingerprint density at radius 1 is 1.47 bits per heavy atom. The van der Waals surface area contributed by atoms with Crippen molar-refractivity contribution in [2.45, 2.75) is 44.8 Å². The van der Waals surface area contributed by atoms with Crippen molar-refractivity contribution in [3.63, 3.8) is 0 Å². The Balaban J connectivity index is 2.02. The van der Waals surface area contributed by atoms with Crippen LogP contribution in [0.15, 0.2) is 18.2 Å². The maximum Gasteiger partial charge on any atom is 0.241 e. The van der Waals surface area contributed by atoms with E-state index >= 15 is 0 Å². The summed E-state index contributed by atoms with van der Waals surface area (Å²) in [5, 5.41) is 2.54. The lowest BCUT2D eigenvalue weighted by molar-refractivity contribution is -0.117. The van der Waals surface area contributed by atoms with Crippen LogP contribution >= 0.6 is 0 Å². The molecule has 19 heavy (non-hydrogen) atoms. The van der Waals surface area contributed by atoms with Gasteiger partial charge in [-0.2, -0.15) is 0 Å². The maximum atomic E-state index is 13.8. The highest BCUT2D eigenvalue weighted by Gasteiger charge is 2.18. The number of hydrogen-bond acceptors (Lipinski definition) is 3. The smallest absolute Gasteiger partial charge is 0.241 e. The van der Waals surface area contributed by atoms with Gasteiger partial charge in [-0.15, -0.1) is 0 Å². The van der Waals surface area contributed by atoms with Gasteiger partial charge in [-0.25, -0.2) is 4.39 Å². The molecule has 0 aromatic heterocycles. The molecular formula is C14H19FN2O2. The second-order valence-corrected chi connectivity index (χ2v) is 4.95. The van der Waals surface area contributed by atoms with Crippen LogP contribution in [0.1, 0.15) is 32.6 Å². The Kier molecular flexibility index (Phi) is 4.37. The average Bonchev–Trinajstić information content (AvgIpc) is 2.85. The molecule has 1 aromatic rings. The summed E-state index contributed by atoms with van der Waals surface area (Å²) in [5.74, 6) is -0.566. The number of amides is 1. The topological polar surface area (TPSA) is 64.4 Å². The first-order chi connectivity index (χ1) is 9.06. The van der Waals surface area contributed by atoms with Gasteiger partial charge in [0.25, 0.3) is 0 Å². The molecule has 0 spiro atoms. The molecule has 1 aliphatic rings. The monoisotopic (exact) mass is 266 g/mol. The van der Waals surface area contributed by atoms with Crippen molar-refractivity contribution in [3.05, 3.63) is 24.0 Å². The first-order valence-corrected chi connectivity index (χ1v) is 6.59. The first kappa shape index (κ1) is 13.8. The molecule has 104 valence electrons. The molecule has 1 aromatic carbocycles. The Hall–Kier alpha value is -1.62. The van der Waals surface area contributed by atoms with Crippen LogP contribution in [0.5, 0.6) is 5.75 Å². The molecule has 1 fully saturated rings. The van der Waals surface area contributed by atoms with Gasteiger partial charge in [0.2, 0.25) is 5.91 Å². The minimum absolute atomic E-state index is 0.110. The molecule has 0 aliphatic heterocycles. The predicted molar refractivity (Wildman–Crippen MR) is 71.6 cm³/mol. The number of anilines is 1. The van der Waals surface area contributed by atoms with E-state index in [0.717, 1.165) is 25.7 Å². The van der Waals surface area contributed by atoms with Crippen LogP contribution in [0.3, 0.4) is 0 Å². The van der Waals surface area contributed by atoms with Gasteiger partial charge < -0.3 is 15.8 Å². The molecule has 0 saturated heterocycles. The van der Waals surface area contributed by atoms with Gasteiger partial charge >= 0.3 is 0 Å². The molecule has 0 heterocycles. The number of carbonyl (C=O) groups excluding carboxylic acids is 1. The Labute approximate surface area is 112 Å². The lowest BCUT2D eigenvalue weighted by Crippen LogP contribution is -2.32. The SMILES string of the molecule is C[C@H](N)C(=O)Nc1ccc(OC2CCCC2)c(F)c1. The molecule has 1 aliphatic carbocycles. The molecule has 0 unspecified atom stereocenters. The Morgan fingerprint density at radius 3 is 2.74 bits per heavy atom. The molecule has 0 radical (unpaired) electrons. The first-order valence-electron chi connectivity index (χ1n) is 6.59. The van der Waals surface area contributed by atoms with Crippen LogP contribution in [0.25, 0.3) is 0 Å². The van der Waals surface area contributed by atoms with Gasteiger partial charge in [0.05, 0.1) is 12.1 Å². The summed E-state index contributed by atoms with van der Waals surface area (Å²) in [7, 11) is 0. The van der Waals surface area contributed by atoms with E-state index in [1.54, 1.807) is 19.1 Å². The number of nitrogens with one attached hydrogen (secondary N) is 1. The minimum atomic E-state index is -0.627. The Bertz CT molecular complexity index is 457. The summed E-state index contributed by atoms with van der Waals surface area (Å²) < 4.78 is 19.4. The third kappa shape index (κ3) is 3.67. The van der Waals surface area contributed by atoms with Crippen molar-refractivity contribution in [1.82, 2.24) is 0 Å². The fourth-order valence-corrected chi connectivity index (χ4v) is 2.12. The summed E-state index contributed by atoms with van der Waals surface area (Å²) in [4.78, 5) is 11.4. The van der Waals surface area contributed by atoms with E-state index in [4.69, 9.17) is 10.5 Å². The van der Waals surface area contributed by atoms with Crippen molar-refractivity contribution in [2.75, 3.05) is 5.32 Å². The van der Waals surface area contributed by atoms with Gasteiger partial charge in [-0.3, -0.25) is 4.79 Å². The molecule has 4 nitrogen and oxygen atoms in total. The van der Waals surface area contributed by atoms with Gasteiger partial charge in [0.15, 0.2) is 11.6 Å². The van der Waals surface area contributed by atoms with Crippen LogP contribution in [-0.4, -0.2) is 18.1 Å². The number of nitrogens with two attached hydrogens (primary N) is 1. The number of carbonyl (C=O) groups is 1. The van der Waals surface area contributed by atoms with E-state index in [2.05, 4.69) is 5.32 Å². The van der Waals surface area contributed by atoms with Gasteiger partial charge in [0.1, 0.15) is 0 Å². The number of benzene rings is 1. The van der Waals surface area contributed by atoms with Crippen LogP contribution in [-0.2, 0) is 4.79 Å². The van der Waals surface area contributed by atoms with Crippen molar-refractivity contribution >= 4 is 11.6 Å². The zero-order valence-electron chi connectivity index (χ0n) is 11.0. The van der Waals surface area contributed by atoms with Gasteiger partial charge in [0, 0.05) is 11.8 Å². The predicted octanol–water partition coefficient (Wildman–Crippen LogP) is 2.43. The summed E-state index contributed by atoms with van der Waals surface area (Å²) in [5.41, 5.74) is 5.82. The van der Waals surface area contributed by atoms with Crippen molar-refractivity contribution in [1.29, 1.82) is 0 Å². The molecule has 0 bridgehead atoms. The number of hydrogen-bond donors (Lipinski definition) is 2. The average molecular weight is 266 g/mol. The van der Waals surface area contributed by atoms with E-state index in [1.165, 1.54) is 6.07 Å². The fourth-order valence-electron chi connectivity index (χ4n) is 2.12. The third-order valence-corrected chi connectivity index (χ3v) is 3.21. The van der Waals surface area contributed by atoms with Crippen molar-refractivity contribution < 1.29 is 13.9 Å². The van der Waals surface area contributed by atoms with E-state index in [1.807, 2.05) is 0 Å². The standard InChI is InChI=1S/C14H19FN2O2/c1-9(16)14(18)17-10-6-7-13(12(15)8-10)19-11-4-2-3-5-11/h6-9,11H,2-5,16H2,1H3,(H,17,18)/t9-/m0/s1. The third-order valence-electron chi connectivity index (χ3n) is 3.21. The van der Waals surface area contributed by atoms with Crippen molar-refractivity contribution in [2.24, 2.45) is 5.73 Å².